The van der Waals surface area contributed by atoms with Crippen molar-refractivity contribution in [2.45, 2.75) is 57.3 Å². The summed E-state index contributed by atoms with van der Waals surface area (Å²) < 4.78 is 0. The molecule has 4 amide bonds. The number of carbonyl (C=O) groups is 3. The van der Waals surface area contributed by atoms with Gasteiger partial charge in [-0.05, 0) is 38.1 Å². The zero-order valence-electron chi connectivity index (χ0n) is 15.7. The van der Waals surface area contributed by atoms with E-state index in [1.54, 1.807) is 0 Å². The fourth-order valence-electron chi connectivity index (χ4n) is 3.73. The fraction of sp³-hybridized carbons (Fsp3) is 0.611. The van der Waals surface area contributed by atoms with E-state index in [1.807, 2.05) is 30.7 Å². The highest BCUT2D eigenvalue weighted by Gasteiger charge is 2.43. The van der Waals surface area contributed by atoms with Crippen LogP contribution < -0.4 is 21.3 Å². The number of amides is 4. The van der Waals surface area contributed by atoms with Crippen LogP contribution in [0.4, 0.5) is 10.5 Å². The summed E-state index contributed by atoms with van der Waals surface area (Å²) in [6.45, 7) is 5.03. The third-order valence-corrected chi connectivity index (χ3v) is 5.57. The summed E-state index contributed by atoms with van der Waals surface area (Å²) in [5.41, 5.74) is 0.764. The standard InChI is InChI=1S/C18H27N5O3S/c1-11(2)20-16(24)4-3-14-8-19-17(25)15-7-13(9-23(14)15)22-18(26)21-12-5-6-27-10-12/h5-6,10-11,13-15H,3-4,7-9H2,1-2H3,(H,19,25)(H,20,24)(H2,21,22,26). The van der Waals surface area contributed by atoms with Crippen LogP contribution in [0.25, 0.3) is 0 Å². The van der Waals surface area contributed by atoms with Crippen LogP contribution in [-0.4, -0.2) is 60.0 Å². The van der Waals surface area contributed by atoms with E-state index in [9.17, 15) is 14.4 Å². The molecule has 0 aromatic carbocycles. The Balaban J connectivity index is 1.53. The highest BCUT2D eigenvalue weighted by molar-refractivity contribution is 7.08. The first-order valence-electron chi connectivity index (χ1n) is 9.35. The number of anilines is 1. The molecule has 3 heterocycles. The Labute approximate surface area is 163 Å². The SMILES string of the molecule is CC(C)NC(=O)CCC1CNC(=O)C2CC(NC(=O)Nc3ccsc3)CN12. The molecule has 9 heteroatoms. The molecule has 2 aliphatic rings. The van der Waals surface area contributed by atoms with E-state index in [-0.39, 0.29) is 42.0 Å². The molecule has 4 N–H and O–H groups in total. The predicted octanol–water partition coefficient (Wildman–Crippen LogP) is 1.12. The van der Waals surface area contributed by atoms with Crippen molar-refractivity contribution in [3.63, 3.8) is 0 Å². The number of hydrogen-bond acceptors (Lipinski definition) is 5. The van der Waals surface area contributed by atoms with Gasteiger partial charge in [0.25, 0.3) is 0 Å². The number of fused-ring (bicyclic) bond motifs is 1. The van der Waals surface area contributed by atoms with Crippen molar-refractivity contribution in [3.8, 4) is 0 Å². The number of nitrogens with one attached hydrogen (secondary N) is 4. The molecular formula is C18H27N5O3S. The normalized spacial score (nSPS) is 25.0. The number of carbonyl (C=O) groups excluding carboxylic acids is 3. The van der Waals surface area contributed by atoms with Gasteiger partial charge in [0, 0.05) is 43.0 Å². The molecular weight excluding hydrogens is 366 g/mol. The molecule has 8 nitrogen and oxygen atoms in total. The summed E-state index contributed by atoms with van der Waals surface area (Å²) in [5, 5.41) is 15.4. The quantitative estimate of drug-likeness (QED) is 0.581. The maximum atomic E-state index is 12.2. The van der Waals surface area contributed by atoms with Crippen molar-refractivity contribution in [2.75, 3.05) is 18.4 Å². The third kappa shape index (κ3) is 5.20. The minimum absolute atomic E-state index is 0.000393. The molecule has 3 unspecified atom stereocenters. The number of piperazine rings is 1. The number of urea groups is 1. The van der Waals surface area contributed by atoms with Crippen LogP contribution in [0.3, 0.4) is 0 Å². The lowest BCUT2D eigenvalue weighted by molar-refractivity contribution is -0.129. The average Bonchev–Trinajstić information content (AvgIpc) is 3.23. The molecule has 2 saturated heterocycles. The Morgan fingerprint density at radius 1 is 1.41 bits per heavy atom. The van der Waals surface area contributed by atoms with Gasteiger partial charge in [-0.25, -0.2) is 4.79 Å². The Hall–Kier alpha value is -2.13. The zero-order chi connectivity index (χ0) is 19.4. The van der Waals surface area contributed by atoms with Gasteiger partial charge >= 0.3 is 6.03 Å². The van der Waals surface area contributed by atoms with Crippen LogP contribution in [0.5, 0.6) is 0 Å². The van der Waals surface area contributed by atoms with Crippen LogP contribution in [0.2, 0.25) is 0 Å². The number of rotatable bonds is 6. The first-order chi connectivity index (χ1) is 12.9. The van der Waals surface area contributed by atoms with Crippen molar-refractivity contribution >= 4 is 34.9 Å². The fourth-order valence-corrected chi connectivity index (χ4v) is 4.32. The van der Waals surface area contributed by atoms with Gasteiger partial charge in [0.05, 0.1) is 11.7 Å². The highest BCUT2D eigenvalue weighted by atomic mass is 32.1. The summed E-state index contributed by atoms with van der Waals surface area (Å²) in [4.78, 5) is 38.5. The topological polar surface area (TPSA) is 103 Å². The molecule has 27 heavy (non-hydrogen) atoms. The van der Waals surface area contributed by atoms with Gasteiger partial charge < -0.3 is 21.3 Å². The second-order valence-corrected chi connectivity index (χ2v) is 8.20. The summed E-state index contributed by atoms with van der Waals surface area (Å²) in [7, 11) is 0. The van der Waals surface area contributed by atoms with Gasteiger partial charge in [-0.15, -0.1) is 0 Å². The third-order valence-electron chi connectivity index (χ3n) is 4.89. The Kier molecular flexibility index (Phi) is 6.33. The smallest absolute Gasteiger partial charge is 0.319 e. The summed E-state index contributed by atoms with van der Waals surface area (Å²) in [6, 6.07) is 1.48. The van der Waals surface area contributed by atoms with Crippen LogP contribution >= 0.6 is 11.3 Å². The molecule has 3 rings (SSSR count). The van der Waals surface area contributed by atoms with Crippen molar-refractivity contribution in [1.82, 2.24) is 20.9 Å². The van der Waals surface area contributed by atoms with Crippen molar-refractivity contribution in [1.29, 1.82) is 0 Å². The molecule has 0 bridgehead atoms. The largest absolute Gasteiger partial charge is 0.354 e. The Morgan fingerprint density at radius 2 is 2.22 bits per heavy atom. The molecule has 0 saturated carbocycles. The molecule has 0 spiro atoms. The van der Waals surface area contributed by atoms with E-state index in [0.717, 1.165) is 5.69 Å². The maximum Gasteiger partial charge on any atom is 0.319 e. The van der Waals surface area contributed by atoms with Crippen molar-refractivity contribution in [3.05, 3.63) is 16.8 Å². The van der Waals surface area contributed by atoms with Crippen LogP contribution in [0.1, 0.15) is 33.1 Å². The monoisotopic (exact) mass is 393 g/mol. The predicted molar refractivity (Wildman–Crippen MR) is 105 cm³/mol. The van der Waals surface area contributed by atoms with Gasteiger partial charge in [0.15, 0.2) is 0 Å². The van der Waals surface area contributed by atoms with E-state index in [2.05, 4.69) is 26.2 Å². The van der Waals surface area contributed by atoms with E-state index < -0.39 is 0 Å². The molecule has 1 aromatic heterocycles. The van der Waals surface area contributed by atoms with Gasteiger partial charge in [0.2, 0.25) is 11.8 Å². The second kappa shape index (κ2) is 8.71. The number of thiophene rings is 1. The lowest BCUT2D eigenvalue weighted by atomic mass is 10.0. The summed E-state index contributed by atoms with van der Waals surface area (Å²) in [5.74, 6) is 0.0305. The van der Waals surface area contributed by atoms with Gasteiger partial charge in [0.1, 0.15) is 0 Å². The maximum absolute atomic E-state index is 12.2. The van der Waals surface area contributed by atoms with Gasteiger partial charge in [-0.1, -0.05) is 0 Å². The van der Waals surface area contributed by atoms with E-state index >= 15 is 0 Å². The van der Waals surface area contributed by atoms with Crippen LogP contribution in [0, 0.1) is 0 Å². The van der Waals surface area contributed by atoms with Crippen LogP contribution in [0.15, 0.2) is 16.8 Å². The van der Waals surface area contributed by atoms with Crippen molar-refractivity contribution in [2.24, 2.45) is 0 Å². The minimum Gasteiger partial charge on any atom is -0.354 e. The summed E-state index contributed by atoms with van der Waals surface area (Å²) in [6.07, 6.45) is 1.69. The number of nitrogens with zero attached hydrogens (tertiary/aromatic N) is 1. The van der Waals surface area contributed by atoms with Gasteiger partial charge in [-0.3, -0.25) is 14.5 Å². The van der Waals surface area contributed by atoms with E-state index in [0.29, 0.717) is 32.4 Å². The number of hydrogen-bond donors (Lipinski definition) is 4. The lowest BCUT2D eigenvalue weighted by Gasteiger charge is -2.37. The Morgan fingerprint density at radius 3 is 2.93 bits per heavy atom. The average molecular weight is 394 g/mol. The van der Waals surface area contributed by atoms with Crippen molar-refractivity contribution < 1.29 is 14.4 Å². The highest BCUT2D eigenvalue weighted by Crippen LogP contribution is 2.26. The molecule has 3 atom stereocenters. The first kappa shape index (κ1) is 19.6. The molecule has 148 valence electrons. The molecule has 0 radical (unpaired) electrons. The Bertz CT molecular complexity index is 679. The van der Waals surface area contributed by atoms with Gasteiger partial charge in [-0.2, -0.15) is 11.3 Å². The van der Waals surface area contributed by atoms with E-state index in [4.69, 9.17) is 0 Å². The van der Waals surface area contributed by atoms with Crippen LogP contribution in [-0.2, 0) is 9.59 Å². The second-order valence-electron chi connectivity index (χ2n) is 7.42. The molecule has 2 fully saturated rings. The zero-order valence-corrected chi connectivity index (χ0v) is 16.5. The first-order valence-corrected chi connectivity index (χ1v) is 10.3. The lowest BCUT2D eigenvalue weighted by Crippen LogP contribution is -2.58. The van der Waals surface area contributed by atoms with E-state index in [1.165, 1.54) is 11.3 Å². The molecule has 0 aliphatic carbocycles. The minimum atomic E-state index is -0.258. The molecule has 2 aliphatic heterocycles. The summed E-state index contributed by atoms with van der Waals surface area (Å²) >= 11 is 1.52. The molecule has 1 aromatic rings.